The lowest BCUT2D eigenvalue weighted by Crippen LogP contribution is -2.29. The van der Waals surface area contributed by atoms with Crippen molar-refractivity contribution in [3.05, 3.63) is 57.5 Å². The zero-order chi connectivity index (χ0) is 16.0. The summed E-state index contributed by atoms with van der Waals surface area (Å²) in [4.78, 5) is 25.3. The van der Waals surface area contributed by atoms with E-state index in [0.29, 0.717) is 12.0 Å². The van der Waals surface area contributed by atoms with Gasteiger partial charge in [0.2, 0.25) is 0 Å². The monoisotopic (exact) mass is 309 g/mol. The number of aromatic nitrogens is 2. The minimum Gasteiger partial charge on any atom is -0.343 e. The van der Waals surface area contributed by atoms with Gasteiger partial charge in [-0.3, -0.25) is 14.7 Å². The third-order valence-electron chi connectivity index (χ3n) is 4.78. The van der Waals surface area contributed by atoms with Gasteiger partial charge in [-0.15, -0.1) is 0 Å². The van der Waals surface area contributed by atoms with Gasteiger partial charge in [0.1, 0.15) is 5.82 Å². The number of Topliss-reactive ketones (excluding diaryl/α,β-unsaturated/α-hetero) is 1. The summed E-state index contributed by atoms with van der Waals surface area (Å²) in [6.07, 6.45) is 3.08. The average molecular weight is 309 g/mol. The standard InChI is InChI=1S/C18H19N3O2/c1-2-12-15-13(9-6-10-14(15)22)19-17-16(12)18(23)21(20-17)11-7-4-3-5-8-11/h3-5,7-8,12,19-20H,2,6,9-10H2,1H3/t12-/m1/s1. The number of fused-ring (bicyclic) bond motifs is 1. The number of nitrogens with one attached hydrogen (secondary N) is 2. The molecule has 23 heavy (non-hydrogen) atoms. The van der Waals surface area contributed by atoms with Crippen molar-refractivity contribution in [1.82, 2.24) is 9.78 Å². The van der Waals surface area contributed by atoms with Gasteiger partial charge in [-0.05, 0) is 31.4 Å². The molecule has 1 aromatic heterocycles. The number of rotatable bonds is 2. The molecular formula is C18H19N3O2. The molecule has 1 aliphatic carbocycles. The summed E-state index contributed by atoms with van der Waals surface area (Å²) in [6.45, 7) is 2.03. The summed E-state index contributed by atoms with van der Waals surface area (Å²) in [5.41, 5.74) is 3.22. The van der Waals surface area contributed by atoms with Gasteiger partial charge in [0.15, 0.2) is 5.78 Å². The highest BCUT2D eigenvalue weighted by Crippen LogP contribution is 2.41. The molecule has 0 saturated heterocycles. The number of carbonyl (C=O) groups excluding carboxylic acids is 1. The summed E-state index contributed by atoms with van der Waals surface area (Å²) in [5.74, 6) is 0.810. The number of allylic oxidation sites excluding steroid dienone is 2. The Kier molecular flexibility index (Phi) is 3.22. The molecule has 5 nitrogen and oxygen atoms in total. The van der Waals surface area contributed by atoms with Gasteiger partial charge in [-0.1, -0.05) is 25.1 Å². The zero-order valence-electron chi connectivity index (χ0n) is 13.1. The van der Waals surface area contributed by atoms with E-state index < -0.39 is 0 Å². The first-order valence-corrected chi connectivity index (χ1v) is 8.14. The summed E-state index contributed by atoms with van der Waals surface area (Å²) >= 11 is 0. The molecule has 1 aromatic carbocycles. The van der Waals surface area contributed by atoms with Crippen LogP contribution in [0.3, 0.4) is 0 Å². The first-order chi connectivity index (χ1) is 11.2. The second kappa shape index (κ2) is 5.26. The first kappa shape index (κ1) is 14.1. The maximum absolute atomic E-state index is 12.9. The van der Waals surface area contributed by atoms with Crippen LogP contribution in [-0.2, 0) is 4.79 Å². The van der Waals surface area contributed by atoms with Crippen LogP contribution in [0.15, 0.2) is 46.4 Å². The van der Waals surface area contributed by atoms with E-state index in [1.54, 1.807) is 4.68 Å². The molecule has 2 aliphatic rings. The molecule has 0 saturated carbocycles. The minimum atomic E-state index is -0.109. The Morgan fingerprint density at radius 3 is 2.70 bits per heavy atom. The topological polar surface area (TPSA) is 66.9 Å². The van der Waals surface area contributed by atoms with Crippen molar-refractivity contribution in [2.24, 2.45) is 0 Å². The summed E-state index contributed by atoms with van der Waals surface area (Å²) < 4.78 is 1.56. The number of hydrogen-bond acceptors (Lipinski definition) is 3. The molecule has 2 aromatic rings. The lowest BCUT2D eigenvalue weighted by molar-refractivity contribution is -0.116. The Morgan fingerprint density at radius 2 is 1.96 bits per heavy atom. The molecule has 5 heteroatoms. The number of para-hydroxylation sites is 1. The van der Waals surface area contributed by atoms with Crippen molar-refractivity contribution in [3.63, 3.8) is 0 Å². The molecule has 0 radical (unpaired) electrons. The molecule has 2 heterocycles. The number of nitrogens with zero attached hydrogens (tertiary/aromatic N) is 1. The number of ketones is 1. The molecule has 2 N–H and O–H groups in total. The van der Waals surface area contributed by atoms with Crippen LogP contribution in [0.1, 0.15) is 44.1 Å². The Balaban J connectivity index is 1.88. The number of aromatic amines is 1. The van der Waals surface area contributed by atoms with Gasteiger partial charge in [-0.25, -0.2) is 4.68 Å². The second-order valence-electron chi connectivity index (χ2n) is 6.13. The van der Waals surface area contributed by atoms with E-state index in [-0.39, 0.29) is 17.3 Å². The highest BCUT2D eigenvalue weighted by atomic mass is 16.1. The lowest BCUT2D eigenvalue weighted by atomic mass is 9.79. The predicted molar refractivity (Wildman–Crippen MR) is 88.9 cm³/mol. The maximum Gasteiger partial charge on any atom is 0.277 e. The number of anilines is 1. The van der Waals surface area contributed by atoms with Crippen molar-refractivity contribution in [3.8, 4) is 5.69 Å². The smallest absolute Gasteiger partial charge is 0.277 e. The third-order valence-corrected chi connectivity index (χ3v) is 4.78. The van der Waals surface area contributed by atoms with Crippen LogP contribution in [0, 0.1) is 0 Å². The largest absolute Gasteiger partial charge is 0.343 e. The quantitative estimate of drug-likeness (QED) is 0.896. The fourth-order valence-electron chi connectivity index (χ4n) is 3.73. The van der Waals surface area contributed by atoms with Gasteiger partial charge in [0, 0.05) is 23.6 Å². The number of benzene rings is 1. The lowest BCUT2D eigenvalue weighted by Gasteiger charge is -2.30. The van der Waals surface area contributed by atoms with E-state index in [0.717, 1.165) is 42.0 Å². The highest BCUT2D eigenvalue weighted by molar-refractivity contribution is 6.00. The van der Waals surface area contributed by atoms with Crippen LogP contribution in [0.25, 0.3) is 5.69 Å². The fraction of sp³-hybridized carbons (Fsp3) is 0.333. The van der Waals surface area contributed by atoms with Crippen LogP contribution < -0.4 is 10.9 Å². The van der Waals surface area contributed by atoms with Crippen LogP contribution in [0.2, 0.25) is 0 Å². The number of carbonyl (C=O) groups is 1. The SMILES string of the molecule is CC[C@@H]1C2=C(CCCC2=O)Nc2[nH]n(-c3ccccc3)c(=O)c21. The van der Waals surface area contributed by atoms with Gasteiger partial charge in [0.25, 0.3) is 5.56 Å². The Morgan fingerprint density at radius 1 is 1.17 bits per heavy atom. The van der Waals surface area contributed by atoms with Crippen LogP contribution in [0.4, 0.5) is 5.82 Å². The Labute approximate surface area is 134 Å². The third kappa shape index (κ3) is 2.07. The van der Waals surface area contributed by atoms with E-state index in [1.807, 2.05) is 37.3 Å². The van der Waals surface area contributed by atoms with Gasteiger partial charge in [0.05, 0.1) is 11.3 Å². The number of H-pyrrole nitrogens is 1. The first-order valence-electron chi connectivity index (χ1n) is 8.14. The Hall–Kier alpha value is -2.56. The number of hydrogen-bond donors (Lipinski definition) is 2. The van der Waals surface area contributed by atoms with Gasteiger partial charge < -0.3 is 5.32 Å². The predicted octanol–water partition coefficient (Wildman–Crippen LogP) is 3.09. The van der Waals surface area contributed by atoms with Gasteiger partial charge in [-0.2, -0.15) is 0 Å². The van der Waals surface area contributed by atoms with Gasteiger partial charge >= 0.3 is 0 Å². The van der Waals surface area contributed by atoms with Crippen molar-refractivity contribution in [2.45, 2.75) is 38.5 Å². The van der Waals surface area contributed by atoms with Crippen molar-refractivity contribution >= 4 is 11.6 Å². The van der Waals surface area contributed by atoms with E-state index in [1.165, 1.54) is 0 Å². The molecule has 1 atom stereocenters. The van der Waals surface area contributed by atoms with Crippen molar-refractivity contribution < 1.29 is 4.79 Å². The summed E-state index contributed by atoms with van der Waals surface area (Å²) in [6, 6.07) is 9.51. The molecular weight excluding hydrogens is 290 g/mol. The Bertz CT molecular complexity index is 858. The van der Waals surface area contributed by atoms with E-state index >= 15 is 0 Å². The van der Waals surface area contributed by atoms with E-state index in [4.69, 9.17) is 0 Å². The van der Waals surface area contributed by atoms with Crippen LogP contribution >= 0.6 is 0 Å². The molecule has 0 spiro atoms. The highest BCUT2D eigenvalue weighted by Gasteiger charge is 2.36. The summed E-state index contributed by atoms with van der Waals surface area (Å²) in [5, 5.41) is 6.48. The molecule has 0 fully saturated rings. The van der Waals surface area contributed by atoms with Crippen LogP contribution in [0.5, 0.6) is 0 Å². The molecule has 0 unspecified atom stereocenters. The van der Waals surface area contributed by atoms with Crippen LogP contribution in [-0.4, -0.2) is 15.6 Å². The fourth-order valence-corrected chi connectivity index (χ4v) is 3.73. The molecule has 0 amide bonds. The maximum atomic E-state index is 12.9. The van der Waals surface area contributed by atoms with E-state index in [9.17, 15) is 9.59 Å². The zero-order valence-corrected chi connectivity index (χ0v) is 13.1. The van der Waals surface area contributed by atoms with Crippen molar-refractivity contribution in [1.29, 1.82) is 0 Å². The average Bonchev–Trinajstić information content (AvgIpc) is 2.91. The minimum absolute atomic E-state index is 0.0736. The molecule has 1 aliphatic heterocycles. The molecule has 118 valence electrons. The summed E-state index contributed by atoms with van der Waals surface area (Å²) in [7, 11) is 0. The normalized spacial score (nSPS) is 20.0. The molecule has 4 rings (SSSR count). The van der Waals surface area contributed by atoms with Crippen molar-refractivity contribution in [2.75, 3.05) is 5.32 Å². The second-order valence-corrected chi connectivity index (χ2v) is 6.13. The van der Waals surface area contributed by atoms with E-state index in [2.05, 4.69) is 10.4 Å². The molecule has 0 bridgehead atoms.